The van der Waals surface area contributed by atoms with Gasteiger partial charge in [-0.3, -0.25) is 19.3 Å². The van der Waals surface area contributed by atoms with E-state index < -0.39 is 11.3 Å². The van der Waals surface area contributed by atoms with Gasteiger partial charge in [0.15, 0.2) is 0 Å². The lowest BCUT2D eigenvalue weighted by atomic mass is 10.0. The molecule has 0 aliphatic carbocycles. The Kier molecular flexibility index (Phi) is 7.69. The summed E-state index contributed by atoms with van der Waals surface area (Å²) in [5.74, 6) is -0.802. The molecule has 2 aromatic heterocycles. The number of amides is 2. The van der Waals surface area contributed by atoms with E-state index in [4.69, 9.17) is 11.5 Å². The lowest BCUT2D eigenvalue weighted by molar-refractivity contribution is -0.120. The molecule has 1 atom stereocenters. The topological polar surface area (TPSA) is 136 Å². The summed E-state index contributed by atoms with van der Waals surface area (Å²) in [7, 11) is 0. The molecule has 1 unspecified atom stereocenters. The number of aromatic nitrogens is 2. The molecule has 1 saturated heterocycles. The molecule has 3 heterocycles. The smallest absolute Gasteiger partial charge is 0.256 e. The fourth-order valence-corrected chi connectivity index (χ4v) is 5.11. The number of fused-ring (bicyclic) bond motifs is 1. The first-order valence-corrected chi connectivity index (χ1v) is 12.5. The van der Waals surface area contributed by atoms with Gasteiger partial charge in [-0.2, -0.15) is 0 Å². The van der Waals surface area contributed by atoms with E-state index in [2.05, 4.69) is 22.1 Å². The van der Waals surface area contributed by atoms with E-state index >= 15 is 0 Å². The number of nitrogens with one attached hydrogen (secondary N) is 1. The van der Waals surface area contributed by atoms with E-state index in [1.165, 1.54) is 6.42 Å². The SMILES string of the molecule is CCN1CCCC1CNC(=O)Cc1cccc(Cc2ccc3c(=O)c(C(N)=O)c(N)n(CC)c3n2)c1. The number of anilines is 1. The Morgan fingerprint density at radius 1 is 1.14 bits per heavy atom. The molecule has 4 rings (SSSR count). The van der Waals surface area contributed by atoms with Gasteiger partial charge in [-0.05, 0) is 56.1 Å². The first kappa shape index (κ1) is 25.4. The number of primary amides is 1. The second-order valence-corrected chi connectivity index (χ2v) is 9.27. The van der Waals surface area contributed by atoms with Crippen LogP contribution in [0.3, 0.4) is 0 Å². The molecule has 0 saturated carbocycles. The Labute approximate surface area is 210 Å². The van der Waals surface area contributed by atoms with Gasteiger partial charge in [-0.1, -0.05) is 31.2 Å². The first-order chi connectivity index (χ1) is 17.3. The third kappa shape index (κ3) is 5.26. The average Bonchev–Trinajstić information content (AvgIpc) is 3.31. The maximum Gasteiger partial charge on any atom is 0.256 e. The Bertz CT molecular complexity index is 1350. The van der Waals surface area contributed by atoms with Crippen LogP contribution in [0.5, 0.6) is 0 Å². The summed E-state index contributed by atoms with van der Waals surface area (Å²) in [5, 5.41) is 3.40. The van der Waals surface area contributed by atoms with Crippen LogP contribution in [0.15, 0.2) is 41.2 Å². The highest BCUT2D eigenvalue weighted by atomic mass is 16.2. The predicted octanol–water partition coefficient (Wildman–Crippen LogP) is 1.83. The summed E-state index contributed by atoms with van der Waals surface area (Å²) in [4.78, 5) is 44.2. The van der Waals surface area contributed by atoms with Crippen LogP contribution in [-0.4, -0.2) is 51.9 Å². The molecule has 36 heavy (non-hydrogen) atoms. The van der Waals surface area contributed by atoms with Gasteiger partial charge in [-0.25, -0.2) is 4.98 Å². The summed E-state index contributed by atoms with van der Waals surface area (Å²) in [6.07, 6.45) is 3.16. The maximum absolute atomic E-state index is 12.8. The number of likely N-dealkylation sites (tertiary alicyclic amines) is 1. The molecule has 1 fully saturated rings. The van der Waals surface area contributed by atoms with Crippen molar-refractivity contribution < 1.29 is 9.59 Å². The van der Waals surface area contributed by atoms with Gasteiger partial charge in [0.2, 0.25) is 11.3 Å². The summed E-state index contributed by atoms with van der Waals surface area (Å²) in [5.41, 5.74) is 13.9. The molecule has 1 aliphatic heterocycles. The minimum absolute atomic E-state index is 0.0200. The number of carbonyl (C=O) groups is 2. The fourth-order valence-electron chi connectivity index (χ4n) is 5.11. The summed E-state index contributed by atoms with van der Waals surface area (Å²) >= 11 is 0. The van der Waals surface area contributed by atoms with Crippen molar-refractivity contribution in [3.8, 4) is 0 Å². The van der Waals surface area contributed by atoms with E-state index in [1.54, 1.807) is 16.7 Å². The molecule has 2 amide bonds. The molecule has 1 aromatic carbocycles. The van der Waals surface area contributed by atoms with Crippen LogP contribution in [0.4, 0.5) is 5.82 Å². The van der Waals surface area contributed by atoms with Crippen molar-refractivity contribution in [1.29, 1.82) is 0 Å². The molecule has 9 nitrogen and oxygen atoms in total. The number of nitrogens with two attached hydrogens (primary N) is 2. The van der Waals surface area contributed by atoms with Crippen molar-refractivity contribution in [2.24, 2.45) is 5.73 Å². The zero-order chi connectivity index (χ0) is 25.8. The Hall–Kier alpha value is -3.72. The second-order valence-electron chi connectivity index (χ2n) is 9.27. The van der Waals surface area contributed by atoms with Crippen molar-refractivity contribution >= 4 is 28.7 Å². The minimum Gasteiger partial charge on any atom is -0.384 e. The minimum atomic E-state index is -0.850. The Morgan fingerprint density at radius 3 is 2.64 bits per heavy atom. The lowest BCUT2D eigenvalue weighted by Crippen LogP contribution is -2.40. The number of likely N-dealkylation sites (N-methyl/N-ethyl adjacent to an activating group) is 1. The number of pyridine rings is 2. The van der Waals surface area contributed by atoms with Gasteiger partial charge in [0.1, 0.15) is 17.0 Å². The molecular weight excluding hydrogens is 456 g/mol. The standard InChI is InChI=1S/C27H34N6O3/c1-3-32-12-6-9-20(32)16-30-22(34)15-18-8-5-7-17(13-18)14-19-10-11-21-24(35)23(26(29)36)25(28)33(4-2)27(21)31-19/h5,7-8,10-11,13,20H,3-4,6,9,12,14-16,28H2,1-2H3,(H2,29,36)(H,30,34). The lowest BCUT2D eigenvalue weighted by Gasteiger charge is -2.22. The van der Waals surface area contributed by atoms with Crippen molar-refractivity contribution in [3.63, 3.8) is 0 Å². The van der Waals surface area contributed by atoms with Gasteiger partial charge in [0, 0.05) is 31.2 Å². The van der Waals surface area contributed by atoms with Crippen LogP contribution in [0.25, 0.3) is 11.0 Å². The average molecular weight is 491 g/mol. The Balaban J connectivity index is 1.49. The highest BCUT2D eigenvalue weighted by Gasteiger charge is 2.23. The highest BCUT2D eigenvalue weighted by Crippen LogP contribution is 2.19. The molecule has 0 radical (unpaired) electrons. The zero-order valence-corrected chi connectivity index (χ0v) is 20.9. The van der Waals surface area contributed by atoms with Crippen molar-refractivity contribution in [2.45, 2.75) is 52.1 Å². The predicted molar refractivity (Wildman–Crippen MR) is 141 cm³/mol. The number of aryl methyl sites for hydroxylation is 1. The van der Waals surface area contributed by atoms with Crippen molar-refractivity contribution in [1.82, 2.24) is 19.8 Å². The van der Waals surface area contributed by atoms with Gasteiger partial charge >= 0.3 is 0 Å². The van der Waals surface area contributed by atoms with Crippen molar-refractivity contribution in [2.75, 3.05) is 25.4 Å². The van der Waals surface area contributed by atoms with Crippen LogP contribution in [0.1, 0.15) is 53.9 Å². The Morgan fingerprint density at radius 2 is 1.92 bits per heavy atom. The van der Waals surface area contributed by atoms with Gasteiger partial charge in [0.25, 0.3) is 5.91 Å². The normalized spacial score (nSPS) is 15.9. The summed E-state index contributed by atoms with van der Waals surface area (Å²) in [6.45, 7) is 7.26. The van der Waals surface area contributed by atoms with E-state index in [-0.39, 0.29) is 17.3 Å². The van der Waals surface area contributed by atoms with Gasteiger partial charge in [0.05, 0.1) is 11.8 Å². The third-order valence-electron chi connectivity index (χ3n) is 6.95. The van der Waals surface area contributed by atoms with E-state index in [9.17, 15) is 14.4 Å². The number of nitrogens with zero attached hydrogens (tertiary/aromatic N) is 3. The monoisotopic (exact) mass is 490 g/mol. The number of rotatable bonds is 9. The largest absolute Gasteiger partial charge is 0.384 e. The third-order valence-corrected chi connectivity index (χ3v) is 6.95. The van der Waals surface area contributed by atoms with Crippen LogP contribution in [0, 0.1) is 0 Å². The number of hydrogen-bond donors (Lipinski definition) is 3. The molecule has 1 aliphatic rings. The van der Waals surface area contributed by atoms with E-state index in [0.29, 0.717) is 43.0 Å². The van der Waals surface area contributed by atoms with Gasteiger partial charge in [-0.15, -0.1) is 0 Å². The number of benzene rings is 1. The van der Waals surface area contributed by atoms with E-state index in [1.807, 2.05) is 31.2 Å². The maximum atomic E-state index is 12.8. The number of carbonyl (C=O) groups excluding carboxylic acids is 2. The quantitative estimate of drug-likeness (QED) is 0.419. The summed E-state index contributed by atoms with van der Waals surface area (Å²) in [6, 6.07) is 11.7. The second kappa shape index (κ2) is 10.9. The van der Waals surface area contributed by atoms with Crippen LogP contribution in [0.2, 0.25) is 0 Å². The van der Waals surface area contributed by atoms with Crippen molar-refractivity contribution in [3.05, 3.63) is 69.0 Å². The van der Waals surface area contributed by atoms with Gasteiger partial charge < -0.3 is 21.4 Å². The number of hydrogen-bond acceptors (Lipinski definition) is 6. The highest BCUT2D eigenvalue weighted by molar-refractivity contribution is 6.00. The molecule has 5 N–H and O–H groups in total. The molecule has 3 aromatic rings. The molecular formula is C27H34N6O3. The molecule has 0 bridgehead atoms. The number of nitrogen functional groups attached to an aromatic ring is 1. The fraction of sp³-hybridized carbons (Fsp3) is 0.407. The molecule has 9 heteroatoms. The zero-order valence-electron chi connectivity index (χ0n) is 20.9. The van der Waals surface area contributed by atoms with Crippen LogP contribution in [-0.2, 0) is 24.2 Å². The van der Waals surface area contributed by atoms with Crippen LogP contribution < -0.4 is 22.2 Å². The molecule has 190 valence electrons. The summed E-state index contributed by atoms with van der Waals surface area (Å²) < 4.78 is 1.63. The first-order valence-electron chi connectivity index (χ1n) is 12.5. The molecule has 0 spiro atoms. The van der Waals surface area contributed by atoms with E-state index in [0.717, 1.165) is 36.3 Å². The van der Waals surface area contributed by atoms with Crippen LogP contribution >= 0.6 is 0 Å².